The molecule has 0 radical (unpaired) electrons. The van der Waals surface area contributed by atoms with Crippen LogP contribution in [0.25, 0.3) is 0 Å². The van der Waals surface area contributed by atoms with Gasteiger partial charge < -0.3 is 24.8 Å². The minimum absolute atomic E-state index is 0. The average molecular weight is 1050 g/mol. The van der Waals surface area contributed by atoms with Crippen LogP contribution in [0.15, 0.2) is 115 Å². The van der Waals surface area contributed by atoms with Gasteiger partial charge in [0.2, 0.25) is 0 Å². The van der Waals surface area contributed by atoms with Crippen LogP contribution in [-0.4, -0.2) is 24.6 Å². The third kappa shape index (κ3) is 28.0. The van der Waals surface area contributed by atoms with E-state index in [-0.39, 0.29) is 24.8 Å². The number of unbranched alkanes of at least 4 members (excludes halogenated alkanes) is 24. The molecule has 0 saturated heterocycles. The van der Waals surface area contributed by atoms with Gasteiger partial charge in [-0.25, -0.2) is 0 Å². The van der Waals surface area contributed by atoms with E-state index >= 15 is 0 Å². The lowest BCUT2D eigenvalue weighted by molar-refractivity contribution is -0.137. The van der Waals surface area contributed by atoms with Crippen LogP contribution in [-0.2, 0) is 18.5 Å². The monoisotopic (exact) mass is 1040 g/mol. The summed E-state index contributed by atoms with van der Waals surface area (Å²) in [5, 5.41) is 3.13. The lowest BCUT2D eigenvalue weighted by atomic mass is 10.1. The van der Waals surface area contributed by atoms with Gasteiger partial charge in [0.1, 0.15) is 0 Å². The zero-order valence-electron chi connectivity index (χ0n) is 44.8. The van der Waals surface area contributed by atoms with E-state index in [1.165, 1.54) is 228 Å². The first kappa shape index (κ1) is 66.1. The minimum Gasteiger partial charge on any atom is -1.00 e. The maximum atomic E-state index is 13.0. The number of hydrogen-bond acceptors (Lipinski definition) is 0. The second kappa shape index (κ2) is 41.5. The molecule has 7 heteroatoms. The van der Waals surface area contributed by atoms with Crippen LogP contribution < -0.4 is 35.4 Å². The van der Waals surface area contributed by atoms with Crippen molar-refractivity contribution < 1.29 is 38.0 Å². The highest BCUT2D eigenvalue weighted by Crippen LogP contribution is 2.63. The second-order valence-corrected chi connectivity index (χ2v) is 28.4. The Morgan fingerprint density at radius 1 is 0.300 bits per heavy atom. The number of hydrogen-bond donors (Lipinski definition) is 0. The first-order valence-corrected chi connectivity index (χ1v) is 32.9. The number of alkyl halides is 3. The summed E-state index contributed by atoms with van der Waals surface area (Å²) in [7, 11) is -2.71. The van der Waals surface area contributed by atoms with Gasteiger partial charge in [0, 0.05) is 0 Å². The van der Waals surface area contributed by atoms with E-state index in [4.69, 9.17) is 0 Å². The lowest BCUT2D eigenvalue weighted by Gasteiger charge is -2.28. The molecule has 0 nitrogen and oxygen atoms in total. The van der Waals surface area contributed by atoms with Gasteiger partial charge in [0.05, 0.1) is 67.7 Å². The maximum absolute atomic E-state index is 13.0. The van der Waals surface area contributed by atoms with E-state index in [1.54, 1.807) is 23.0 Å². The molecule has 0 N–H and O–H groups in total. The number of halogens is 5. The molecule has 396 valence electrons. The zero-order valence-corrected chi connectivity index (χ0v) is 48.1. The summed E-state index contributed by atoms with van der Waals surface area (Å²) >= 11 is 0. The van der Waals surface area contributed by atoms with E-state index in [9.17, 15) is 13.2 Å². The van der Waals surface area contributed by atoms with E-state index in [1.807, 2.05) is 0 Å². The fourth-order valence-corrected chi connectivity index (χ4v) is 19.5. The fraction of sp³-hybridized carbons (Fsp3) is 0.619. The quantitative estimate of drug-likeness (QED) is 0.0310. The van der Waals surface area contributed by atoms with Crippen LogP contribution in [0.1, 0.15) is 224 Å². The van der Waals surface area contributed by atoms with Gasteiger partial charge in [-0.15, -0.1) is 0 Å². The maximum Gasteiger partial charge on any atom is 0.416 e. The van der Waals surface area contributed by atoms with Gasteiger partial charge in [0.15, 0.2) is 0 Å². The highest BCUT2D eigenvalue weighted by molar-refractivity contribution is 7.82. The van der Waals surface area contributed by atoms with Crippen LogP contribution in [0.3, 0.4) is 0 Å². The van der Waals surface area contributed by atoms with Crippen LogP contribution in [0.4, 0.5) is 13.2 Å². The van der Waals surface area contributed by atoms with Crippen LogP contribution in [0, 0.1) is 0 Å². The lowest BCUT2D eigenvalue weighted by Crippen LogP contribution is -3.00. The Morgan fingerprint density at radius 3 is 0.829 bits per heavy atom. The molecule has 0 aliphatic heterocycles. The number of benzene rings is 4. The molecule has 70 heavy (non-hydrogen) atoms. The predicted octanol–water partition coefficient (Wildman–Crippen LogP) is 15.1. The summed E-state index contributed by atoms with van der Waals surface area (Å²) in [6.07, 6.45) is 41.7. The van der Waals surface area contributed by atoms with E-state index in [0.29, 0.717) is 0 Å². The minimum atomic E-state index is -4.27. The van der Waals surface area contributed by atoms with Gasteiger partial charge >= 0.3 is 6.18 Å². The molecule has 4 rings (SSSR count). The van der Waals surface area contributed by atoms with Crippen molar-refractivity contribution in [1.29, 1.82) is 0 Å². The molecule has 4 aromatic rings. The van der Waals surface area contributed by atoms with E-state index in [0.717, 1.165) is 11.7 Å². The topological polar surface area (TPSA) is 0 Å². The van der Waals surface area contributed by atoms with Crippen molar-refractivity contribution in [2.75, 3.05) is 24.6 Å². The summed E-state index contributed by atoms with van der Waals surface area (Å²) in [4.78, 5) is 0. The molecule has 0 fully saturated rings. The summed E-state index contributed by atoms with van der Waals surface area (Å²) in [6, 6.07) is 39.9. The third-order valence-corrected chi connectivity index (χ3v) is 23.9. The molecule has 4 aromatic carbocycles. The van der Waals surface area contributed by atoms with Crippen molar-refractivity contribution in [2.24, 2.45) is 0 Å². The van der Waals surface area contributed by atoms with Crippen LogP contribution >= 0.6 is 14.5 Å². The van der Waals surface area contributed by atoms with Gasteiger partial charge in [-0.2, -0.15) is 13.2 Å². The highest BCUT2D eigenvalue weighted by atomic mass is 35.5. The Labute approximate surface area is 443 Å². The molecule has 0 aromatic heterocycles. The highest BCUT2D eigenvalue weighted by Gasteiger charge is 2.40. The summed E-state index contributed by atoms with van der Waals surface area (Å²) in [5.41, 5.74) is 2.05. The normalized spacial score (nSPS) is 11.6. The Hall–Kier alpha value is -1.89. The van der Waals surface area contributed by atoms with Crippen molar-refractivity contribution in [3.63, 3.8) is 0 Å². The Bertz CT molecular complexity index is 1700. The molecule has 0 atom stereocenters. The van der Waals surface area contributed by atoms with Crippen LogP contribution in [0.2, 0.25) is 0 Å². The summed E-state index contributed by atoms with van der Waals surface area (Å²) in [5.74, 6) is 0. The molecule has 0 amide bonds. The SMILES string of the molecule is CCCCCCCCCCCC[P+](CCCCCCCCCCCC)(Cc1ccccc1)c1ccccc1.CCCCCC[P+](CCCCCC)(Cc1ccc(C(F)(F)F)cc1)c1ccccc1.[Cl-].[Cl-]. The smallest absolute Gasteiger partial charge is 0.416 e. The van der Waals surface area contributed by atoms with Gasteiger partial charge in [-0.05, 0) is 98.9 Å². The Morgan fingerprint density at radius 2 is 0.543 bits per heavy atom. The standard InChI is InChI=1S/C37H62P.C26H37F3P.2ClH/c1-3-5-7-9-11-13-15-17-19-27-33-38(37-31-25-22-26-32-37,35-36-29-23-21-24-30-36)34-28-20-18-16-14-12-10-8-6-4-2;1-3-5-7-12-20-30(21-13-8-6-4-2,25-14-10-9-11-15-25)22-23-16-18-24(19-17-23)26(27,28)29;;/h21-26,29-32H,3-20,27-28,33-35H2,1-2H3;9-11,14-19H,3-8,12-13,20-22H2,1-2H3;2*1H/q2*+1;;/p-2. The van der Waals surface area contributed by atoms with Gasteiger partial charge in [-0.1, -0.05) is 235 Å². The molecular formula is C63H99Cl2F3P2. The molecule has 0 spiro atoms. The molecule has 0 aliphatic carbocycles. The predicted molar refractivity (Wildman–Crippen MR) is 303 cm³/mol. The molecule has 0 unspecified atom stereocenters. The first-order chi connectivity index (χ1) is 33.2. The van der Waals surface area contributed by atoms with Crippen molar-refractivity contribution in [3.05, 3.63) is 132 Å². The first-order valence-electron chi connectivity index (χ1n) is 28.3. The van der Waals surface area contributed by atoms with Crippen molar-refractivity contribution in [2.45, 2.75) is 226 Å². The molecular weight excluding hydrogens is 947 g/mol. The zero-order chi connectivity index (χ0) is 48.9. The average Bonchev–Trinajstić information content (AvgIpc) is 3.36. The van der Waals surface area contributed by atoms with E-state index < -0.39 is 26.3 Å². The van der Waals surface area contributed by atoms with Crippen molar-refractivity contribution in [1.82, 2.24) is 0 Å². The Balaban J connectivity index is 0.000000698. The molecule has 0 heterocycles. The number of rotatable bonds is 38. The van der Waals surface area contributed by atoms with Gasteiger partial charge in [0.25, 0.3) is 0 Å². The third-order valence-electron chi connectivity index (χ3n) is 14.5. The van der Waals surface area contributed by atoms with E-state index in [2.05, 4.69) is 119 Å². The van der Waals surface area contributed by atoms with Crippen molar-refractivity contribution in [3.8, 4) is 0 Å². The van der Waals surface area contributed by atoms with Crippen LogP contribution in [0.5, 0.6) is 0 Å². The Kier molecular flexibility index (Phi) is 39.2. The summed E-state index contributed by atoms with van der Waals surface area (Å²) in [6.45, 7) is 9.08. The second-order valence-electron chi connectivity index (χ2n) is 20.3. The summed E-state index contributed by atoms with van der Waals surface area (Å²) < 4.78 is 39.0. The molecule has 0 aliphatic rings. The van der Waals surface area contributed by atoms with Gasteiger partial charge in [-0.3, -0.25) is 0 Å². The molecule has 0 saturated carbocycles. The fourth-order valence-electron chi connectivity index (χ4n) is 10.3. The molecule has 0 bridgehead atoms. The van der Waals surface area contributed by atoms with Crippen molar-refractivity contribution >= 4 is 25.1 Å². The largest absolute Gasteiger partial charge is 1.00 e.